The van der Waals surface area contributed by atoms with Crippen molar-refractivity contribution in [3.63, 3.8) is 0 Å². The van der Waals surface area contributed by atoms with Crippen LogP contribution in [0.3, 0.4) is 0 Å². The molecule has 1 aliphatic rings. The summed E-state index contributed by atoms with van der Waals surface area (Å²) in [5.74, 6) is 1.00. The first-order chi connectivity index (χ1) is 11.1. The molecule has 0 aliphatic carbocycles. The number of hydrogen-bond acceptors (Lipinski definition) is 3. The lowest BCUT2D eigenvalue weighted by Gasteiger charge is -2.33. The SMILES string of the molecule is Cc1c(C(=O)N2C[C@@H](C)Oc3ccccc32)oc2ccccc12. The maximum absolute atomic E-state index is 13.1. The fourth-order valence-corrected chi connectivity index (χ4v) is 3.08. The molecule has 0 N–H and O–H groups in total. The minimum Gasteiger partial charge on any atom is -0.487 e. The second-order valence-corrected chi connectivity index (χ2v) is 5.86. The summed E-state index contributed by atoms with van der Waals surface area (Å²) in [5, 5.41) is 0.977. The Hall–Kier alpha value is -2.75. The van der Waals surface area contributed by atoms with Crippen molar-refractivity contribution in [2.24, 2.45) is 0 Å². The summed E-state index contributed by atoms with van der Waals surface area (Å²) in [4.78, 5) is 14.8. The number of furan rings is 1. The van der Waals surface area contributed by atoms with Gasteiger partial charge in [-0.1, -0.05) is 30.3 Å². The molecule has 116 valence electrons. The summed E-state index contributed by atoms with van der Waals surface area (Å²) in [5.41, 5.74) is 2.40. The standard InChI is InChI=1S/C19H17NO3/c1-12-11-20(15-8-4-6-10-17(15)22-12)19(21)18-13(2)14-7-3-5-9-16(14)23-18/h3-10,12H,11H2,1-2H3/t12-/m1/s1. The normalized spacial score (nSPS) is 17.0. The van der Waals surface area contributed by atoms with Gasteiger partial charge >= 0.3 is 0 Å². The Morgan fingerprint density at radius 2 is 1.87 bits per heavy atom. The molecule has 0 saturated heterocycles. The molecule has 1 amide bonds. The molecule has 1 aromatic heterocycles. The van der Waals surface area contributed by atoms with Crippen LogP contribution in [0.1, 0.15) is 23.0 Å². The van der Waals surface area contributed by atoms with Gasteiger partial charge in [0, 0.05) is 10.9 Å². The van der Waals surface area contributed by atoms with Gasteiger partial charge in [-0.25, -0.2) is 0 Å². The van der Waals surface area contributed by atoms with E-state index in [1.807, 2.05) is 62.4 Å². The van der Waals surface area contributed by atoms with Crippen molar-refractivity contribution in [2.75, 3.05) is 11.4 Å². The highest BCUT2D eigenvalue weighted by Gasteiger charge is 2.31. The molecular weight excluding hydrogens is 290 g/mol. The van der Waals surface area contributed by atoms with Crippen LogP contribution in [0.4, 0.5) is 5.69 Å². The quantitative estimate of drug-likeness (QED) is 0.677. The number of anilines is 1. The summed E-state index contributed by atoms with van der Waals surface area (Å²) in [7, 11) is 0. The lowest BCUT2D eigenvalue weighted by atomic mass is 10.1. The molecule has 3 aromatic rings. The van der Waals surface area contributed by atoms with Crippen molar-refractivity contribution in [1.82, 2.24) is 0 Å². The minimum atomic E-state index is -0.124. The maximum atomic E-state index is 13.1. The molecule has 4 rings (SSSR count). The summed E-state index contributed by atoms with van der Waals surface area (Å²) in [6.45, 7) is 4.39. The zero-order chi connectivity index (χ0) is 16.0. The smallest absolute Gasteiger partial charge is 0.294 e. The number of amides is 1. The molecule has 0 saturated carbocycles. The number of hydrogen-bond donors (Lipinski definition) is 0. The van der Waals surface area contributed by atoms with Gasteiger partial charge in [-0.3, -0.25) is 9.69 Å². The Morgan fingerprint density at radius 3 is 2.70 bits per heavy atom. The van der Waals surface area contributed by atoms with Crippen LogP contribution in [0, 0.1) is 6.92 Å². The molecular formula is C19H17NO3. The van der Waals surface area contributed by atoms with Crippen LogP contribution in [0.5, 0.6) is 5.75 Å². The molecule has 2 aromatic carbocycles. The summed E-state index contributed by atoms with van der Waals surface area (Å²) in [6, 6.07) is 15.3. The molecule has 23 heavy (non-hydrogen) atoms. The van der Waals surface area contributed by atoms with Crippen LogP contribution in [0.25, 0.3) is 11.0 Å². The van der Waals surface area contributed by atoms with Gasteiger partial charge in [0.2, 0.25) is 0 Å². The monoisotopic (exact) mass is 307 g/mol. The Balaban J connectivity index is 1.81. The molecule has 4 nitrogen and oxygen atoms in total. The first-order valence-electron chi connectivity index (χ1n) is 7.71. The summed E-state index contributed by atoms with van der Waals surface area (Å²) >= 11 is 0. The molecule has 0 unspecified atom stereocenters. The van der Waals surface area contributed by atoms with Crippen LogP contribution >= 0.6 is 0 Å². The minimum absolute atomic E-state index is 0.0569. The van der Waals surface area contributed by atoms with Crippen molar-refractivity contribution < 1.29 is 13.9 Å². The number of fused-ring (bicyclic) bond motifs is 2. The number of ether oxygens (including phenoxy) is 1. The highest BCUT2D eigenvalue weighted by atomic mass is 16.5. The van der Waals surface area contributed by atoms with Gasteiger partial charge in [-0.15, -0.1) is 0 Å². The molecule has 2 heterocycles. The Bertz CT molecular complexity index is 897. The molecule has 0 bridgehead atoms. The van der Waals surface area contributed by atoms with E-state index in [0.29, 0.717) is 12.3 Å². The molecule has 0 fully saturated rings. The van der Waals surface area contributed by atoms with Gasteiger partial charge in [-0.2, -0.15) is 0 Å². The van der Waals surface area contributed by atoms with E-state index >= 15 is 0 Å². The van der Waals surface area contributed by atoms with Gasteiger partial charge in [0.25, 0.3) is 5.91 Å². The van der Waals surface area contributed by atoms with Crippen molar-refractivity contribution in [3.05, 3.63) is 59.9 Å². The van der Waals surface area contributed by atoms with Crippen molar-refractivity contribution >= 4 is 22.6 Å². The number of para-hydroxylation sites is 3. The van der Waals surface area contributed by atoms with Crippen molar-refractivity contribution in [2.45, 2.75) is 20.0 Å². The van der Waals surface area contributed by atoms with E-state index in [0.717, 1.165) is 28.0 Å². The van der Waals surface area contributed by atoms with E-state index in [-0.39, 0.29) is 12.0 Å². The van der Waals surface area contributed by atoms with Crippen molar-refractivity contribution in [1.29, 1.82) is 0 Å². The largest absolute Gasteiger partial charge is 0.487 e. The molecule has 1 aliphatic heterocycles. The third-order valence-corrected chi connectivity index (χ3v) is 4.21. The summed E-state index contributed by atoms with van der Waals surface area (Å²) < 4.78 is 11.6. The first-order valence-corrected chi connectivity index (χ1v) is 7.71. The summed E-state index contributed by atoms with van der Waals surface area (Å²) in [6.07, 6.45) is -0.0569. The fourth-order valence-electron chi connectivity index (χ4n) is 3.08. The predicted molar refractivity (Wildman–Crippen MR) is 89.2 cm³/mol. The van der Waals surface area contributed by atoms with E-state index in [2.05, 4.69) is 0 Å². The highest BCUT2D eigenvalue weighted by Crippen LogP contribution is 2.35. The Kier molecular flexibility index (Phi) is 3.11. The van der Waals surface area contributed by atoms with Gasteiger partial charge in [-0.05, 0) is 32.0 Å². The Morgan fingerprint density at radius 1 is 1.13 bits per heavy atom. The van der Waals surface area contributed by atoms with Gasteiger partial charge in [0.15, 0.2) is 5.76 Å². The van der Waals surface area contributed by atoms with Crippen molar-refractivity contribution in [3.8, 4) is 5.75 Å². The van der Waals surface area contributed by atoms with E-state index in [1.54, 1.807) is 4.90 Å². The van der Waals surface area contributed by atoms with E-state index in [9.17, 15) is 4.79 Å². The van der Waals surface area contributed by atoms with Gasteiger partial charge in [0.05, 0.1) is 12.2 Å². The lowest BCUT2D eigenvalue weighted by Crippen LogP contribution is -2.42. The number of carbonyl (C=O) groups is 1. The lowest BCUT2D eigenvalue weighted by molar-refractivity contribution is 0.0935. The van der Waals surface area contributed by atoms with E-state index < -0.39 is 0 Å². The number of benzene rings is 2. The molecule has 1 atom stereocenters. The number of aryl methyl sites for hydroxylation is 1. The predicted octanol–water partition coefficient (Wildman–Crippen LogP) is 4.17. The van der Waals surface area contributed by atoms with Gasteiger partial charge < -0.3 is 9.15 Å². The average molecular weight is 307 g/mol. The molecule has 0 spiro atoms. The number of rotatable bonds is 1. The van der Waals surface area contributed by atoms with E-state index in [1.165, 1.54) is 0 Å². The van der Waals surface area contributed by atoms with E-state index in [4.69, 9.17) is 9.15 Å². The molecule has 0 radical (unpaired) electrons. The zero-order valence-corrected chi connectivity index (χ0v) is 13.1. The van der Waals surface area contributed by atoms with Gasteiger partial charge in [0.1, 0.15) is 17.4 Å². The Labute approximate surface area is 134 Å². The number of carbonyl (C=O) groups excluding carboxylic acids is 1. The maximum Gasteiger partial charge on any atom is 0.294 e. The van der Waals surface area contributed by atoms with Crippen LogP contribution in [0.2, 0.25) is 0 Å². The average Bonchev–Trinajstić information content (AvgIpc) is 2.91. The second kappa shape index (κ2) is 5.16. The first kappa shape index (κ1) is 13.9. The third kappa shape index (κ3) is 2.18. The fraction of sp³-hybridized carbons (Fsp3) is 0.211. The second-order valence-electron chi connectivity index (χ2n) is 5.86. The topological polar surface area (TPSA) is 42.7 Å². The molecule has 4 heteroatoms. The van der Waals surface area contributed by atoms with Crippen LogP contribution in [0.15, 0.2) is 52.9 Å². The van der Waals surface area contributed by atoms with Crippen LogP contribution in [-0.4, -0.2) is 18.6 Å². The zero-order valence-electron chi connectivity index (χ0n) is 13.1. The highest BCUT2D eigenvalue weighted by molar-refractivity contribution is 6.08. The number of nitrogens with zero attached hydrogens (tertiary/aromatic N) is 1. The third-order valence-electron chi connectivity index (χ3n) is 4.21. The van der Waals surface area contributed by atoms with Crippen LogP contribution in [-0.2, 0) is 0 Å². The van der Waals surface area contributed by atoms with Crippen LogP contribution < -0.4 is 9.64 Å².